The van der Waals surface area contributed by atoms with Crippen LogP contribution in [0.2, 0.25) is 0 Å². The third-order valence-corrected chi connectivity index (χ3v) is 5.18. The fourth-order valence-electron chi connectivity index (χ4n) is 3.64. The van der Waals surface area contributed by atoms with Crippen LogP contribution < -0.4 is 24.4 Å². The highest BCUT2D eigenvalue weighted by atomic mass is 16.5. The molecule has 1 fully saturated rings. The van der Waals surface area contributed by atoms with E-state index in [1.54, 1.807) is 33.7 Å². The second-order valence-electron chi connectivity index (χ2n) is 7.00. The lowest BCUT2D eigenvalue weighted by Crippen LogP contribution is -2.53. The van der Waals surface area contributed by atoms with Crippen molar-refractivity contribution in [1.29, 1.82) is 0 Å². The van der Waals surface area contributed by atoms with Gasteiger partial charge < -0.3 is 29.3 Å². The molecule has 168 valence electrons. The molecule has 2 heterocycles. The van der Waals surface area contributed by atoms with Gasteiger partial charge in [-0.2, -0.15) is 0 Å². The first-order valence-electron chi connectivity index (χ1n) is 10.5. The zero-order valence-electron chi connectivity index (χ0n) is 18.8. The molecule has 1 aromatic heterocycles. The Labute approximate surface area is 184 Å². The average molecular weight is 429 g/mol. The molecule has 9 heteroatoms. The molecule has 0 bridgehead atoms. The number of hydrogen-bond acceptors (Lipinski definition) is 7. The predicted octanol–water partition coefficient (Wildman–Crippen LogP) is 1.83. The molecule has 0 radical (unpaired) electrons. The van der Waals surface area contributed by atoms with Gasteiger partial charge in [-0.05, 0) is 25.5 Å². The first-order chi connectivity index (χ1) is 15.2. The summed E-state index contributed by atoms with van der Waals surface area (Å²) in [5.41, 5.74) is 1.03. The maximum atomic E-state index is 5.59. The van der Waals surface area contributed by atoms with Crippen molar-refractivity contribution in [3.8, 4) is 17.2 Å². The van der Waals surface area contributed by atoms with Gasteiger partial charge in [0.2, 0.25) is 11.7 Å². The molecule has 0 unspecified atom stereocenters. The number of guanidine groups is 1. The minimum Gasteiger partial charge on any atom is -0.493 e. The molecule has 1 aliphatic heterocycles. The SMILES string of the molecule is CCNC(=NCCc1ccc(OC)c(OC)c1OC)N1CCN(c2ncccn2)CC1. The molecule has 2 aromatic rings. The zero-order chi connectivity index (χ0) is 22.1. The number of methoxy groups -OCH3 is 3. The Morgan fingerprint density at radius 1 is 1.00 bits per heavy atom. The van der Waals surface area contributed by atoms with Crippen LogP contribution in [0.1, 0.15) is 12.5 Å². The minimum atomic E-state index is 0.609. The number of aromatic nitrogens is 2. The third-order valence-electron chi connectivity index (χ3n) is 5.18. The van der Waals surface area contributed by atoms with Crippen molar-refractivity contribution in [3.05, 3.63) is 36.2 Å². The fourth-order valence-corrected chi connectivity index (χ4v) is 3.64. The molecule has 0 aliphatic carbocycles. The number of hydrogen-bond donors (Lipinski definition) is 1. The third kappa shape index (κ3) is 5.48. The number of piperazine rings is 1. The first-order valence-corrected chi connectivity index (χ1v) is 10.5. The first kappa shape index (κ1) is 22.5. The van der Waals surface area contributed by atoms with Gasteiger partial charge in [0.05, 0.1) is 21.3 Å². The van der Waals surface area contributed by atoms with Gasteiger partial charge >= 0.3 is 0 Å². The fraction of sp³-hybridized carbons (Fsp3) is 0.500. The summed E-state index contributed by atoms with van der Waals surface area (Å²) in [6.45, 7) is 6.99. The molecular formula is C22H32N6O3. The van der Waals surface area contributed by atoms with E-state index in [1.165, 1.54) is 0 Å². The molecular weight excluding hydrogens is 396 g/mol. The summed E-state index contributed by atoms with van der Waals surface area (Å²) in [6.07, 6.45) is 4.29. The van der Waals surface area contributed by atoms with Gasteiger partial charge in [-0.3, -0.25) is 4.99 Å². The lowest BCUT2D eigenvalue weighted by atomic mass is 10.1. The molecule has 0 atom stereocenters. The summed E-state index contributed by atoms with van der Waals surface area (Å²) in [6, 6.07) is 5.74. The van der Waals surface area contributed by atoms with Crippen LogP contribution in [0.15, 0.2) is 35.6 Å². The van der Waals surface area contributed by atoms with Crippen LogP contribution in [0.4, 0.5) is 5.95 Å². The number of nitrogens with zero attached hydrogens (tertiary/aromatic N) is 5. The Balaban J connectivity index is 1.64. The molecule has 1 aromatic carbocycles. The second kappa shape index (κ2) is 11.2. The van der Waals surface area contributed by atoms with Gasteiger partial charge in [-0.1, -0.05) is 6.07 Å². The summed E-state index contributed by atoms with van der Waals surface area (Å²) in [5, 5.41) is 3.41. The number of benzene rings is 1. The summed E-state index contributed by atoms with van der Waals surface area (Å²) in [4.78, 5) is 18.1. The van der Waals surface area contributed by atoms with Gasteiger partial charge in [0.25, 0.3) is 0 Å². The molecule has 31 heavy (non-hydrogen) atoms. The lowest BCUT2D eigenvalue weighted by Gasteiger charge is -2.36. The molecule has 0 amide bonds. The van der Waals surface area contributed by atoms with Crippen LogP contribution in [0.25, 0.3) is 0 Å². The van der Waals surface area contributed by atoms with Gasteiger partial charge in [0, 0.05) is 57.2 Å². The van der Waals surface area contributed by atoms with E-state index in [0.717, 1.165) is 56.6 Å². The number of ether oxygens (including phenoxy) is 3. The average Bonchev–Trinajstić information content (AvgIpc) is 2.83. The molecule has 1 saturated heterocycles. The van der Waals surface area contributed by atoms with E-state index in [0.29, 0.717) is 23.8 Å². The molecule has 1 N–H and O–H groups in total. The summed E-state index contributed by atoms with van der Waals surface area (Å²) in [7, 11) is 4.88. The maximum absolute atomic E-state index is 5.59. The van der Waals surface area contributed by atoms with Crippen molar-refractivity contribution in [2.45, 2.75) is 13.3 Å². The van der Waals surface area contributed by atoms with E-state index in [-0.39, 0.29) is 0 Å². The van der Waals surface area contributed by atoms with Crippen LogP contribution in [-0.2, 0) is 6.42 Å². The standard InChI is InChI=1S/C22H32N6O3/c1-5-23-21(27-13-15-28(16-14-27)22-24-10-6-11-25-22)26-12-9-17-7-8-18(29-2)20(31-4)19(17)30-3/h6-8,10-11H,5,9,12-16H2,1-4H3,(H,23,26). The van der Waals surface area contributed by atoms with E-state index < -0.39 is 0 Å². The van der Waals surface area contributed by atoms with E-state index in [2.05, 4.69) is 32.0 Å². The molecule has 0 spiro atoms. The Hall–Kier alpha value is -3.23. The van der Waals surface area contributed by atoms with Crippen LogP contribution in [0.5, 0.6) is 17.2 Å². The normalized spacial score (nSPS) is 14.4. The summed E-state index contributed by atoms with van der Waals surface area (Å²) < 4.78 is 16.4. The lowest BCUT2D eigenvalue weighted by molar-refractivity contribution is 0.322. The Bertz CT molecular complexity index is 854. The van der Waals surface area contributed by atoms with Gasteiger partial charge in [0.1, 0.15) is 0 Å². The van der Waals surface area contributed by atoms with Crippen molar-refractivity contribution < 1.29 is 14.2 Å². The van der Waals surface area contributed by atoms with Crippen LogP contribution in [-0.4, -0.2) is 81.4 Å². The highest BCUT2D eigenvalue weighted by Crippen LogP contribution is 2.39. The van der Waals surface area contributed by atoms with Gasteiger partial charge in [-0.15, -0.1) is 0 Å². The zero-order valence-corrected chi connectivity index (χ0v) is 18.8. The number of anilines is 1. The molecule has 0 saturated carbocycles. The molecule has 3 rings (SSSR count). The topological polar surface area (TPSA) is 84.3 Å². The van der Waals surface area contributed by atoms with Crippen molar-refractivity contribution in [1.82, 2.24) is 20.2 Å². The van der Waals surface area contributed by atoms with Crippen LogP contribution in [0.3, 0.4) is 0 Å². The van der Waals surface area contributed by atoms with Gasteiger partial charge in [-0.25, -0.2) is 9.97 Å². The van der Waals surface area contributed by atoms with E-state index in [9.17, 15) is 0 Å². The van der Waals surface area contributed by atoms with Crippen LogP contribution in [0, 0.1) is 0 Å². The highest BCUT2D eigenvalue weighted by molar-refractivity contribution is 5.80. The molecule has 1 aliphatic rings. The van der Waals surface area contributed by atoms with Crippen molar-refractivity contribution in [2.75, 3.05) is 65.5 Å². The van der Waals surface area contributed by atoms with Crippen molar-refractivity contribution in [2.24, 2.45) is 4.99 Å². The number of aliphatic imine (C=N–C) groups is 1. The summed E-state index contributed by atoms with van der Waals surface area (Å²) in [5.74, 6) is 3.66. The maximum Gasteiger partial charge on any atom is 0.225 e. The van der Waals surface area contributed by atoms with Crippen molar-refractivity contribution in [3.63, 3.8) is 0 Å². The smallest absolute Gasteiger partial charge is 0.225 e. The Morgan fingerprint density at radius 3 is 2.32 bits per heavy atom. The predicted molar refractivity (Wildman–Crippen MR) is 122 cm³/mol. The van der Waals surface area contributed by atoms with Gasteiger partial charge in [0.15, 0.2) is 17.5 Å². The monoisotopic (exact) mass is 428 g/mol. The van der Waals surface area contributed by atoms with E-state index >= 15 is 0 Å². The summed E-state index contributed by atoms with van der Waals surface area (Å²) >= 11 is 0. The highest BCUT2D eigenvalue weighted by Gasteiger charge is 2.21. The Morgan fingerprint density at radius 2 is 1.71 bits per heavy atom. The number of rotatable bonds is 8. The van der Waals surface area contributed by atoms with Crippen LogP contribution >= 0.6 is 0 Å². The minimum absolute atomic E-state index is 0.609. The van der Waals surface area contributed by atoms with E-state index in [4.69, 9.17) is 19.2 Å². The quantitative estimate of drug-likeness (QED) is 0.504. The Kier molecular flexibility index (Phi) is 8.14. The molecule has 9 nitrogen and oxygen atoms in total. The number of nitrogens with one attached hydrogen (secondary N) is 1. The van der Waals surface area contributed by atoms with Crippen molar-refractivity contribution >= 4 is 11.9 Å². The largest absolute Gasteiger partial charge is 0.493 e. The second-order valence-corrected chi connectivity index (χ2v) is 7.00. The van der Waals surface area contributed by atoms with E-state index in [1.807, 2.05) is 18.2 Å².